The largest absolute Gasteiger partial charge is 0.355 e. The third kappa shape index (κ3) is 3.70. The average Bonchev–Trinajstić information content (AvgIpc) is 3.03. The summed E-state index contributed by atoms with van der Waals surface area (Å²) in [5.41, 5.74) is 1.60. The molecule has 7 heteroatoms. The van der Waals surface area contributed by atoms with E-state index in [2.05, 4.69) is 56.6 Å². The highest BCUT2D eigenvalue weighted by molar-refractivity contribution is 5.54. The summed E-state index contributed by atoms with van der Waals surface area (Å²) in [5, 5.41) is 18.3. The minimum absolute atomic E-state index is 0.407. The molecule has 2 aromatic rings. The minimum Gasteiger partial charge on any atom is -0.355 e. The van der Waals surface area contributed by atoms with Gasteiger partial charge in [-0.25, -0.2) is 4.98 Å². The molecule has 2 aromatic heterocycles. The summed E-state index contributed by atoms with van der Waals surface area (Å²) in [6.45, 7) is 7.58. The molecule has 1 saturated heterocycles. The summed E-state index contributed by atoms with van der Waals surface area (Å²) >= 11 is 0. The maximum atomic E-state index is 9.37. The van der Waals surface area contributed by atoms with Gasteiger partial charge in [0.05, 0.1) is 12.1 Å². The third-order valence-corrected chi connectivity index (χ3v) is 4.92. The van der Waals surface area contributed by atoms with Crippen molar-refractivity contribution in [1.82, 2.24) is 24.6 Å². The molecule has 0 aromatic carbocycles. The van der Waals surface area contributed by atoms with Crippen LogP contribution in [-0.2, 0) is 13.1 Å². The molecule has 0 unspecified atom stereocenters. The van der Waals surface area contributed by atoms with Gasteiger partial charge in [-0.05, 0) is 52.9 Å². The van der Waals surface area contributed by atoms with E-state index in [0.717, 1.165) is 62.2 Å². The molecule has 0 spiro atoms. The van der Waals surface area contributed by atoms with Crippen molar-refractivity contribution >= 4 is 5.82 Å². The van der Waals surface area contributed by atoms with Crippen LogP contribution in [0.15, 0.2) is 12.1 Å². The van der Waals surface area contributed by atoms with Crippen molar-refractivity contribution in [2.45, 2.75) is 45.7 Å². The lowest BCUT2D eigenvalue weighted by Gasteiger charge is -2.33. The first-order chi connectivity index (χ1) is 12.5. The van der Waals surface area contributed by atoms with Crippen molar-refractivity contribution in [2.24, 2.45) is 0 Å². The van der Waals surface area contributed by atoms with Crippen molar-refractivity contribution in [1.29, 1.82) is 5.26 Å². The Hall–Kier alpha value is -2.46. The Balaban J connectivity index is 1.74. The van der Waals surface area contributed by atoms with Gasteiger partial charge in [0.15, 0.2) is 0 Å². The Morgan fingerprint density at radius 1 is 1.23 bits per heavy atom. The number of aromatic nitrogens is 4. The molecule has 7 nitrogen and oxygen atoms in total. The van der Waals surface area contributed by atoms with Crippen LogP contribution >= 0.6 is 0 Å². The maximum Gasteiger partial charge on any atom is 0.147 e. The molecule has 0 atom stereocenters. The van der Waals surface area contributed by atoms with Gasteiger partial charge in [0.1, 0.15) is 23.5 Å². The highest BCUT2D eigenvalue weighted by Crippen LogP contribution is 2.30. The van der Waals surface area contributed by atoms with Crippen LogP contribution in [0.4, 0.5) is 5.82 Å². The SMILES string of the molecule is CCn1c(CN(C)C)nnc1C1CCN(c2nc(C)ccc2C#N)CC1. The van der Waals surface area contributed by atoms with Gasteiger partial charge >= 0.3 is 0 Å². The standard InChI is InChI=1S/C19H27N7/c1-5-26-17(13-24(3)4)22-23-19(26)15-8-10-25(11-9-15)18-16(12-20)7-6-14(2)21-18/h6-7,15H,5,8-11,13H2,1-4H3. The fraction of sp³-hybridized carbons (Fsp3) is 0.579. The molecule has 3 heterocycles. The smallest absolute Gasteiger partial charge is 0.147 e. The number of nitriles is 1. The van der Waals surface area contributed by atoms with Gasteiger partial charge in [0, 0.05) is 31.2 Å². The fourth-order valence-electron chi connectivity index (χ4n) is 3.62. The second-order valence-electron chi connectivity index (χ2n) is 7.15. The van der Waals surface area contributed by atoms with Crippen LogP contribution in [0.1, 0.15) is 48.6 Å². The monoisotopic (exact) mass is 353 g/mol. The molecule has 26 heavy (non-hydrogen) atoms. The lowest BCUT2D eigenvalue weighted by atomic mass is 9.95. The van der Waals surface area contributed by atoms with E-state index in [4.69, 9.17) is 0 Å². The number of anilines is 1. The zero-order valence-corrected chi connectivity index (χ0v) is 16.1. The van der Waals surface area contributed by atoms with E-state index in [0.29, 0.717) is 11.5 Å². The number of pyridine rings is 1. The summed E-state index contributed by atoms with van der Waals surface area (Å²) in [5.74, 6) is 3.35. The molecule has 0 amide bonds. The Bertz CT molecular complexity index is 795. The molecular formula is C19H27N7. The van der Waals surface area contributed by atoms with Crippen LogP contribution < -0.4 is 4.90 Å². The molecule has 138 valence electrons. The molecule has 0 aliphatic carbocycles. The van der Waals surface area contributed by atoms with Gasteiger partial charge in [-0.3, -0.25) is 0 Å². The first kappa shape index (κ1) is 18.3. The predicted octanol–water partition coefficient (Wildman–Crippen LogP) is 2.32. The van der Waals surface area contributed by atoms with Gasteiger partial charge in [0.2, 0.25) is 0 Å². The van der Waals surface area contributed by atoms with E-state index < -0.39 is 0 Å². The lowest BCUT2D eigenvalue weighted by Crippen LogP contribution is -2.35. The van der Waals surface area contributed by atoms with E-state index >= 15 is 0 Å². The first-order valence-corrected chi connectivity index (χ1v) is 9.22. The van der Waals surface area contributed by atoms with Crippen molar-refractivity contribution in [3.8, 4) is 6.07 Å². The van der Waals surface area contributed by atoms with E-state index in [9.17, 15) is 5.26 Å². The van der Waals surface area contributed by atoms with Gasteiger partial charge in [-0.1, -0.05) is 0 Å². The molecular weight excluding hydrogens is 326 g/mol. The lowest BCUT2D eigenvalue weighted by molar-refractivity contribution is 0.377. The molecule has 1 aliphatic rings. The molecule has 0 radical (unpaired) electrons. The zero-order chi connectivity index (χ0) is 18.7. The van der Waals surface area contributed by atoms with Crippen LogP contribution in [0.5, 0.6) is 0 Å². The second kappa shape index (κ2) is 7.83. The quantitative estimate of drug-likeness (QED) is 0.821. The summed E-state index contributed by atoms with van der Waals surface area (Å²) < 4.78 is 2.26. The number of hydrogen-bond donors (Lipinski definition) is 0. The van der Waals surface area contributed by atoms with Crippen molar-refractivity contribution in [3.05, 3.63) is 35.0 Å². The Labute approximate surface area is 155 Å². The number of piperidine rings is 1. The van der Waals surface area contributed by atoms with Gasteiger partial charge in [-0.15, -0.1) is 10.2 Å². The Kier molecular flexibility index (Phi) is 5.52. The van der Waals surface area contributed by atoms with E-state index in [1.165, 1.54) is 0 Å². The van der Waals surface area contributed by atoms with Crippen molar-refractivity contribution < 1.29 is 0 Å². The third-order valence-electron chi connectivity index (χ3n) is 4.92. The van der Waals surface area contributed by atoms with E-state index in [-0.39, 0.29) is 0 Å². The van der Waals surface area contributed by atoms with Crippen LogP contribution in [0, 0.1) is 18.3 Å². The second-order valence-corrected chi connectivity index (χ2v) is 7.15. The normalized spacial score (nSPS) is 15.5. The highest BCUT2D eigenvalue weighted by Gasteiger charge is 2.27. The topological polar surface area (TPSA) is 73.9 Å². The summed E-state index contributed by atoms with van der Waals surface area (Å²) in [7, 11) is 4.10. The molecule has 0 saturated carbocycles. The molecule has 1 aliphatic heterocycles. The number of nitrogens with zero attached hydrogens (tertiary/aromatic N) is 7. The summed E-state index contributed by atoms with van der Waals surface area (Å²) in [6, 6.07) is 6.03. The molecule has 3 rings (SSSR count). The summed E-state index contributed by atoms with van der Waals surface area (Å²) in [6.07, 6.45) is 2.00. The maximum absolute atomic E-state index is 9.37. The Morgan fingerprint density at radius 2 is 1.96 bits per heavy atom. The van der Waals surface area contributed by atoms with Gasteiger partial charge in [0.25, 0.3) is 0 Å². The predicted molar refractivity (Wildman–Crippen MR) is 101 cm³/mol. The van der Waals surface area contributed by atoms with Crippen molar-refractivity contribution in [3.63, 3.8) is 0 Å². The molecule has 0 bridgehead atoms. The molecule has 1 fully saturated rings. The number of rotatable bonds is 5. The van der Waals surface area contributed by atoms with Crippen molar-refractivity contribution in [2.75, 3.05) is 32.1 Å². The summed E-state index contributed by atoms with van der Waals surface area (Å²) in [4.78, 5) is 8.95. The molecule has 0 N–H and O–H groups in total. The zero-order valence-electron chi connectivity index (χ0n) is 16.1. The number of aryl methyl sites for hydroxylation is 1. The minimum atomic E-state index is 0.407. The van der Waals surface area contributed by atoms with Crippen LogP contribution in [-0.4, -0.2) is 51.8 Å². The van der Waals surface area contributed by atoms with E-state index in [1.807, 2.05) is 19.1 Å². The number of hydrogen-bond acceptors (Lipinski definition) is 6. The van der Waals surface area contributed by atoms with E-state index in [1.54, 1.807) is 0 Å². The van der Waals surface area contributed by atoms with Crippen LogP contribution in [0.3, 0.4) is 0 Å². The van der Waals surface area contributed by atoms with Gasteiger partial charge in [-0.2, -0.15) is 5.26 Å². The van der Waals surface area contributed by atoms with Crippen LogP contribution in [0.2, 0.25) is 0 Å². The average molecular weight is 353 g/mol. The highest BCUT2D eigenvalue weighted by atomic mass is 15.3. The fourth-order valence-corrected chi connectivity index (χ4v) is 3.62. The first-order valence-electron chi connectivity index (χ1n) is 9.22. The van der Waals surface area contributed by atoms with Crippen LogP contribution in [0.25, 0.3) is 0 Å². The van der Waals surface area contributed by atoms with Gasteiger partial charge < -0.3 is 14.4 Å². The Morgan fingerprint density at radius 3 is 2.58 bits per heavy atom.